The van der Waals surface area contributed by atoms with Crippen LogP contribution in [0.1, 0.15) is 18.5 Å². The van der Waals surface area contributed by atoms with Crippen LogP contribution in [-0.4, -0.2) is 26.9 Å². The number of methoxy groups -OCH3 is 1. The minimum absolute atomic E-state index is 0.235. The van der Waals surface area contributed by atoms with Crippen LogP contribution in [0.15, 0.2) is 58.3 Å². The highest BCUT2D eigenvalue weighted by atomic mass is 32.2. The molecule has 1 atom stereocenters. The van der Waals surface area contributed by atoms with Gasteiger partial charge in [0.15, 0.2) is 0 Å². The zero-order valence-electron chi connectivity index (χ0n) is 12.7. The molecule has 0 heterocycles. The summed E-state index contributed by atoms with van der Waals surface area (Å²) in [5.74, 6) is 0.621. The Kier molecular flexibility index (Phi) is 5.16. The van der Waals surface area contributed by atoms with Gasteiger partial charge in [-0.15, -0.1) is 12.6 Å². The van der Waals surface area contributed by atoms with Crippen LogP contribution in [-0.2, 0) is 10.0 Å². The number of benzene rings is 2. The fourth-order valence-corrected chi connectivity index (χ4v) is 3.85. The molecule has 0 aromatic heterocycles. The third-order valence-corrected chi connectivity index (χ3v) is 6.02. The molecule has 22 heavy (non-hydrogen) atoms. The predicted octanol–water partition coefficient (Wildman–Crippen LogP) is 3.37. The third-order valence-electron chi connectivity index (χ3n) is 3.67. The van der Waals surface area contributed by atoms with Gasteiger partial charge in [0, 0.05) is 18.0 Å². The molecule has 0 radical (unpaired) electrons. The van der Waals surface area contributed by atoms with E-state index < -0.39 is 10.0 Å². The van der Waals surface area contributed by atoms with Crippen molar-refractivity contribution in [3.05, 3.63) is 54.1 Å². The summed E-state index contributed by atoms with van der Waals surface area (Å²) in [6, 6.07) is 13.5. The monoisotopic (exact) mass is 337 g/mol. The minimum atomic E-state index is -3.58. The van der Waals surface area contributed by atoms with Gasteiger partial charge in [-0.05, 0) is 42.8 Å². The van der Waals surface area contributed by atoms with Crippen LogP contribution in [0.3, 0.4) is 0 Å². The fourth-order valence-electron chi connectivity index (χ4n) is 2.16. The second kappa shape index (κ2) is 6.73. The molecular weight excluding hydrogens is 318 g/mol. The van der Waals surface area contributed by atoms with E-state index >= 15 is 0 Å². The maximum absolute atomic E-state index is 12.7. The molecule has 2 aromatic carbocycles. The number of thiol groups is 1. The average Bonchev–Trinajstić information content (AvgIpc) is 2.54. The van der Waals surface area contributed by atoms with E-state index in [9.17, 15) is 8.42 Å². The van der Waals surface area contributed by atoms with E-state index in [1.54, 1.807) is 38.4 Å². The topological polar surface area (TPSA) is 46.6 Å². The lowest BCUT2D eigenvalue weighted by atomic mass is 10.1. The Morgan fingerprint density at radius 2 is 1.68 bits per heavy atom. The highest BCUT2D eigenvalue weighted by Crippen LogP contribution is 2.29. The van der Waals surface area contributed by atoms with E-state index in [4.69, 9.17) is 4.74 Å². The van der Waals surface area contributed by atoms with Crippen LogP contribution >= 0.6 is 12.6 Å². The Hall–Kier alpha value is -1.50. The summed E-state index contributed by atoms with van der Waals surface area (Å²) in [7, 11) is -0.467. The van der Waals surface area contributed by atoms with E-state index in [1.807, 2.05) is 31.2 Å². The van der Waals surface area contributed by atoms with E-state index in [-0.39, 0.29) is 10.9 Å². The van der Waals surface area contributed by atoms with Crippen LogP contribution in [0.25, 0.3) is 0 Å². The third kappa shape index (κ3) is 3.29. The van der Waals surface area contributed by atoms with Crippen molar-refractivity contribution in [2.45, 2.75) is 22.8 Å². The van der Waals surface area contributed by atoms with Gasteiger partial charge in [-0.2, -0.15) is 4.31 Å². The van der Waals surface area contributed by atoms with Crippen LogP contribution in [0.5, 0.6) is 5.75 Å². The summed E-state index contributed by atoms with van der Waals surface area (Å²) in [6.45, 7) is 1.84. The molecule has 1 unspecified atom stereocenters. The van der Waals surface area contributed by atoms with Gasteiger partial charge >= 0.3 is 0 Å². The summed E-state index contributed by atoms with van der Waals surface area (Å²) in [5, 5.41) is 0. The van der Waals surface area contributed by atoms with Crippen molar-refractivity contribution in [2.75, 3.05) is 14.2 Å². The fraction of sp³-hybridized carbons (Fsp3) is 0.250. The second-order valence-electron chi connectivity index (χ2n) is 4.93. The highest BCUT2D eigenvalue weighted by Gasteiger charge is 2.27. The molecule has 4 nitrogen and oxygen atoms in total. The largest absolute Gasteiger partial charge is 0.497 e. The normalized spacial score (nSPS) is 13.1. The molecular formula is C16H19NO3S2. The Morgan fingerprint density at radius 1 is 1.09 bits per heavy atom. The smallest absolute Gasteiger partial charge is 0.243 e. The van der Waals surface area contributed by atoms with Crippen LogP contribution in [0.4, 0.5) is 0 Å². The lowest BCUT2D eigenvalue weighted by Crippen LogP contribution is -2.30. The van der Waals surface area contributed by atoms with Gasteiger partial charge in [-0.1, -0.05) is 18.2 Å². The minimum Gasteiger partial charge on any atom is -0.497 e. The maximum atomic E-state index is 12.7. The van der Waals surface area contributed by atoms with Crippen LogP contribution in [0.2, 0.25) is 0 Å². The summed E-state index contributed by atoms with van der Waals surface area (Å²) in [5.41, 5.74) is 0.866. The number of rotatable bonds is 5. The number of hydrogen-bond donors (Lipinski definition) is 1. The van der Waals surface area contributed by atoms with Crippen molar-refractivity contribution in [1.29, 1.82) is 0 Å². The van der Waals surface area contributed by atoms with Crippen molar-refractivity contribution < 1.29 is 13.2 Å². The SMILES string of the molecule is COc1ccc(S(=O)(=O)N(C)C(C)c2ccccc2S)cc1. The van der Waals surface area contributed by atoms with Crippen molar-refractivity contribution in [1.82, 2.24) is 4.31 Å². The summed E-state index contributed by atoms with van der Waals surface area (Å²) in [6.07, 6.45) is 0. The first-order valence-corrected chi connectivity index (χ1v) is 8.66. The summed E-state index contributed by atoms with van der Waals surface area (Å²) >= 11 is 4.40. The molecule has 2 aromatic rings. The van der Waals surface area contributed by atoms with Crippen LogP contribution < -0.4 is 4.74 Å². The van der Waals surface area contributed by atoms with Gasteiger partial charge in [0.2, 0.25) is 10.0 Å². The van der Waals surface area contributed by atoms with Gasteiger partial charge in [-0.3, -0.25) is 0 Å². The van der Waals surface area contributed by atoms with E-state index in [0.29, 0.717) is 5.75 Å². The van der Waals surface area contributed by atoms with Gasteiger partial charge in [0.1, 0.15) is 5.75 Å². The molecule has 0 bridgehead atoms. The zero-order chi connectivity index (χ0) is 16.3. The molecule has 0 aliphatic heterocycles. The van der Waals surface area contributed by atoms with Crippen molar-refractivity contribution in [3.63, 3.8) is 0 Å². The number of ether oxygens (including phenoxy) is 1. The molecule has 0 aliphatic carbocycles. The summed E-state index contributed by atoms with van der Waals surface area (Å²) in [4.78, 5) is 1.01. The molecule has 0 spiro atoms. The standard InChI is InChI=1S/C16H19NO3S2/c1-12(15-6-4-5-7-16(15)21)17(2)22(18,19)14-10-8-13(20-3)9-11-14/h4-12,21H,1-3H3. The lowest BCUT2D eigenvalue weighted by molar-refractivity contribution is 0.394. The Morgan fingerprint density at radius 3 is 2.23 bits per heavy atom. The Bertz CT molecular complexity index is 742. The molecule has 118 valence electrons. The Balaban J connectivity index is 2.33. The first kappa shape index (κ1) is 16.9. The van der Waals surface area contributed by atoms with Gasteiger partial charge in [0.05, 0.1) is 12.0 Å². The second-order valence-corrected chi connectivity index (χ2v) is 7.41. The van der Waals surface area contributed by atoms with Gasteiger partial charge < -0.3 is 4.74 Å². The average molecular weight is 337 g/mol. The molecule has 0 saturated heterocycles. The number of hydrogen-bond acceptors (Lipinski definition) is 4. The maximum Gasteiger partial charge on any atom is 0.243 e. The van der Waals surface area contributed by atoms with Gasteiger partial charge in [-0.25, -0.2) is 8.42 Å². The quantitative estimate of drug-likeness (QED) is 0.851. The molecule has 0 N–H and O–H groups in total. The Labute approximate surface area is 137 Å². The van der Waals surface area contributed by atoms with E-state index in [0.717, 1.165) is 10.5 Å². The van der Waals surface area contributed by atoms with Crippen molar-refractivity contribution >= 4 is 22.7 Å². The molecule has 0 aliphatic rings. The van der Waals surface area contributed by atoms with Crippen molar-refractivity contribution in [3.8, 4) is 5.75 Å². The molecule has 2 rings (SSSR count). The highest BCUT2D eigenvalue weighted by molar-refractivity contribution is 7.89. The van der Waals surface area contributed by atoms with E-state index in [1.165, 1.54) is 4.31 Å². The molecule has 6 heteroatoms. The number of nitrogens with zero attached hydrogens (tertiary/aromatic N) is 1. The van der Waals surface area contributed by atoms with E-state index in [2.05, 4.69) is 12.6 Å². The molecule has 0 fully saturated rings. The number of sulfonamides is 1. The first-order chi connectivity index (χ1) is 10.4. The molecule has 0 amide bonds. The predicted molar refractivity (Wildman–Crippen MR) is 90.1 cm³/mol. The van der Waals surface area contributed by atoms with Crippen molar-refractivity contribution in [2.24, 2.45) is 0 Å². The van der Waals surface area contributed by atoms with Gasteiger partial charge in [0.25, 0.3) is 0 Å². The van der Waals surface area contributed by atoms with Crippen LogP contribution in [0, 0.1) is 0 Å². The summed E-state index contributed by atoms with van der Waals surface area (Å²) < 4.78 is 31.8. The zero-order valence-corrected chi connectivity index (χ0v) is 14.4. The first-order valence-electron chi connectivity index (χ1n) is 6.78. The lowest BCUT2D eigenvalue weighted by Gasteiger charge is -2.25. The molecule has 0 saturated carbocycles.